The van der Waals surface area contributed by atoms with Crippen molar-refractivity contribution in [2.24, 2.45) is 0 Å². The SMILES string of the molecule is CN(Cc1ccc(Cl)s1)c1nc2ccccn2c1C(=O)O. The average molecular weight is 322 g/mol. The third-order valence-corrected chi connectivity index (χ3v) is 4.31. The van der Waals surface area contributed by atoms with Gasteiger partial charge in [0.25, 0.3) is 0 Å². The number of carboxylic acid groups (broad SMARTS) is 1. The van der Waals surface area contributed by atoms with Gasteiger partial charge in [-0.2, -0.15) is 0 Å². The largest absolute Gasteiger partial charge is 0.476 e. The van der Waals surface area contributed by atoms with Crippen molar-refractivity contribution in [2.45, 2.75) is 6.54 Å². The van der Waals surface area contributed by atoms with Gasteiger partial charge < -0.3 is 10.0 Å². The van der Waals surface area contributed by atoms with Crippen LogP contribution in [-0.4, -0.2) is 27.5 Å². The lowest BCUT2D eigenvalue weighted by Crippen LogP contribution is -2.19. The highest BCUT2D eigenvalue weighted by molar-refractivity contribution is 7.16. The number of nitrogens with zero attached hydrogens (tertiary/aromatic N) is 3. The number of hydrogen-bond acceptors (Lipinski definition) is 4. The van der Waals surface area contributed by atoms with Crippen LogP contribution in [0.5, 0.6) is 0 Å². The predicted molar refractivity (Wildman–Crippen MR) is 83.6 cm³/mol. The summed E-state index contributed by atoms with van der Waals surface area (Å²) in [5, 5.41) is 9.47. The molecule has 0 saturated carbocycles. The number of thiophene rings is 1. The number of aromatic carboxylic acids is 1. The summed E-state index contributed by atoms with van der Waals surface area (Å²) in [6.07, 6.45) is 1.70. The van der Waals surface area contributed by atoms with Gasteiger partial charge in [0.1, 0.15) is 5.65 Å². The van der Waals surface area contributed by atoms with Gasteiger partial charge in [0.2, 0.25) is 0 Å². The molecule has 3 heterocycles. The first-order chi connectivity index (χ1) is 10.1. The molecule has 0 aromatic carbocycles. The molecule has 0 saturated heterocycles. The Labute approximate surface area is 130 Å². The first kappa shape index (κ1) is 13.9. The van der Waals surface area contributed by atoms with Crippen LogP contribution in [0.3, 0.4) is 0 Å². The highest BCUT2D eigenvalue weighted by Gasteiger charge is 2.21. The topological polar surface area (TPSA) is 57.8 Å². The van der Waals surface area contributed by atoms with Crippen molar-refractivity contribution in [3.63, 3.8) is 0 Å². The van der Waals surface area contributed by atoms with Crippen LogP contribution < -0.4 is 4.90 Å². The lowest BCUT2D eigenvalue weighted by atomic mass is 10.3. The number of hydrogen-bond donors (Lipinski definition) is 1. The zero-order chi connectivity index (χ0) is 15.0. The van der Waals surface area contributed by atoms with Crippen molar-refractivity contribution < 1.29 is 9.90 Å². The van der Waals surface area contributed by atoms with E-state index in [1.54, 1.807) is 22.7 Å². The van der Waals surface area contributed by atoms with E-state index in [4.69, 9.17) is 11.6 Å². The highest BCUT2D eigenvalue weighted by Crippen LogP contribution is 2.26. The molecule has 0 fully saturated rings. The third-order valence-electron chi connectivity index (χ3n) is 3.10. The standard InChI is InChI=1S/C14H12ClN3O2S/c1-17(8-9-5-6-10(15)21-9)13-12(14(19)20)18-7-3-2-4-11(18)16-13/h2-7H,8H2,1H3,(H,19,20). The van der Waals surface area contributed by atoms with E-state index in [0.29, 0.717) is 22.3 Å². The minimum atomic E-state index is -1.00. The van der Waals surface area contributed by atoms with E-state index in [1.807, 2.05) is 30.1 Å². The number of anilines is 1. The summed E-state index contributed by atoms with van der Waals surface area (Å²) < 4.78 is 2.29. The van der Waals surface area contributed by atoms with Gasteiger partial charge in [0.15, 0.2) is 11.5 Å². The Morgan fingerprint density at radius 3 is 2.90 bits per heavy atom. The Bertz CT molecular complexity index is 812. The van der Waals surface area contributed by atoms with E-state index in [9.17, 15) is 9.90 Å². The number of carboxylic acids is 1. The van der Waals surface area contributed by atoms with Crippen LogP contribution in [-0.2, 0) is 6.54 Å². The van der Waals surface area contributed by atoms with E-state index in [-0.39, 0.29) is 5.69 Å². The molecule has 21 heavy (non-hydrogen) atoms. The maximum Gasteiger partial charge on any atom is 0.356 e. The molecule has 0 aliphatic rings. The van der Waals surface area contributed by atoms with Gasteiger partial charge in [-0.15, -0.1) is 11.3 Å². The summed E-state index contributed by atoms with van der Waals surface area (Å²) in [6, 6.07) is 9.16. The van der Waals surface area contributed by atoms with Gasteiger partial charge >= 0.3 is 5.97 Å². The molecular formula is C14H12ClN3O2S. The van der Waals surface area contributed by atoms with Crippen LogP contribution >= 0.6 is 22.9 Å². The lowest BCUT2D eigenvalue weighted by molar-refractivity contribution is 0.0690. The molecule has 3 aromatic rings. The zero-order valence-corrected chi connectivity index (χ0v) is 12.7. The lowest BCUT2D eigenvalue weighted by Gasteiger charge is -2.16. The molecule has 1 N–H and O–H groups in total. The molecule has 0 bridgehead atoms. The second kappa shape index (κ2) is 5.38. The minimum absolute atomic E-state index is 0.163. The number of fused-ring (bicyclic) bond motifs is 1. The number of rotatable bonds is 4. The molecule has 0 atom stereocenters. The van der Waals surface area contributed by atoms with Gasteiger partial charge in [-0.1, -0.05) is 17.7 Å². The maximum atomic E-state index is 11.6. The average Bonchev–Trinajstić information content (AvgIpc) is 3.02. The predicted octanol–water partition coefficient (Wildman–Crippen LogP) is 3.38. The summed E-state index contributed by atoms with van der Waals surface area (Å²) in [4.78, 5) is 18.8. The van der Waals surface area contributed by atoms with E-state index in [0.717, 1.165) is 4.88 Å². The van der Waals surface area contributed by atoms with E-state index in [2.05, 4.69) is 4.98 Å². The molecule has 7 heteroatoms. The van der Waals surface area contributed by atoms with Gasteiger partial charge in [-0.3, -0.25) is 4.40 Å². The fraction of sp³-hybridized carbons (Fsp3) is 0.143. The Kier molecular flexibility index (Phi) is 3.57. The monoisotopic (exact) mass is 321 g/mol. The van der Waals surface area contributed by atoms with Crippen LogP contribution in [0.25, 0.3) is 5.65 Å². The fourth-order valence-electron chi connectivity index (χ4n) is 2.19. The molecule has 0 amide bonds. The van der Waals surface area contributed by atoms with Crippen molar-refractivity contribution >= 4 is 40.4 Å². The molecular weight excluding hydrogens is 310 g/mol. The Hall–Kier alpha value is -2.05. The quantitative estimate of drug-likeness (QED) is 0.800. The molecule has 0 aliphatic carbocycles. The van der Waals surface area contributed by atoms with Crippen molar-refractivity contribution in [2.75, 3.05) is 11.9 Å². The number of imidazole rings is 1. The van der Waals surface area contributed by atoms with Crippen LogP contribution in [0.15, 0.2) is 36.5 Å². The fourth-order valence-corrected chi connectivity index (χ4v) is 3.33. The number of aromatic nitrogens is 2. The Balaban J connectivity index is 2.02. The molecule has 0 unspecified atom stereocenters. The van der Waals surface area contributed by atoms with E-state index in [1.165, 1.54) is 11.3 Å². The third kappa shape index (κ3) is 2.59. The van der Waals surface area contributed by atoms with Crippen molar-refractivity contribution in [3.8, 4) is 0 Å². The second-order valence-electron chi connectivity index (χ2n) is 4.58. The smallest absolute Gasteiger partial charge is 0.356 e. The van der Waals surface area contributed by atoms with E-state index < -0.39 is 5.97 Å². The highest BCUT2D eigenvalue weighted by atomic mass is 35.5. The molecule has 5 nitrogen and oxygen atoms in total. The summed E-state index contributed by atoms with van der Waals surface area (Å²) in [5.41, 5.74) is 0.775. The molecule has 0 radical (unpaired) electrons. The summed E-state index contributed by atoms with van der Waals surface area (Å²) >= 11 is 7.40. The van der Waals surface area contributed by atoms with Crippen LogP contribution in [0, 0.1) is 0 Å². The number of pyridine rings is 1. The maximum absolute atomic E-state index is 11.6. The zero-order valence-electron chi connectivity index (χ0n) is 11.2. The van der Waals surface area contributed by atoms with Gasteiger partial charge in [0.05, 0.1) is 10.9 Å². The second-order valence-corrected chi connectivity index (χ2v) is 6.38. The van der Waals surface area contributed by atoms with Crippen LogP contribution in [0.4, 0.5) is 5.82 Å². The van der Waals surface area contributed by atoms with Gasteiger partial charge in [-0.25, -0.2) is 9.78 Å². The number of carbonyl (C=O) groups is 1. The molecule has 0 aliphatic heterocycles. The Morgan fingerprint density at radius 2 is 2.24 bits per heavy atom. The molecule has 108 valence electrons. The molecule has 3 aromatic heterocycles. The normalized spacial score (nSPS) is 11.0. The van der Waals surface area contributed by atoms with Gasteiger partial charge in [0, 0.05) is 18.1 Å². The first-order valence-electron chi connectivity index (χ1n) is 6.22. The van der Waals surface area contributed by atoms with Gasteiger partial charge in [-0.05, 0) is 24.3 Å². The molecule has 0 spiro atoms. The summed E-state index contributed by atoms with van der Waals surface area (Å²) in [7, 11) is 1.82. The van der Waals surface area contributed by atoms with Crippen molar-refractivity contribution in [1.82, 2.24) is 9.38 Å². The minimum Gasteiger partial charge on any atom is -0.476 e. The van der Waals surface area contributed by atoms with E-state index >= 15 is 0 Å². The summed E-state index contributed by atoms with van der Waals surface area (Å²) in [5.74, 6) is -0.557. The van der Waals surface area contributed by atoms with Crippen molar-refractivity contribution in [3.05, 3.63) is 51.4 Å². The number of halogens is 1. The first-order valence-corrected chi connectivity index (χ1v) is 7.41. The van der Waals surface area contributed by atoms with Crippen molar-refractivity contribution in [1.29, 1.82) is 0 Å². The van der Waals surface area contributed by atoms with Crippen LogP contribution in [0.1, 0.15) is 15.4 Å². The van der Waals surface area contributed by atoms with Crippen LogP contribution in [0.2, 0.25) is 4.34 Å². The Morgan fingerprint density at radius 1 is 1.43 bits per heavy atom. The summed E-state index contributed by atoms with van der Waals surface area (Å²) in [6.45, 7) is 0.557. The molecule has 3 rings (SSSR count).